The van der Waals surface area contributed by atoms with Crippen LogP contribution in [0.1, 0.15) is 104 Å². The van der Waals surface area contributed by atoms with E-state index >= 15 is 0 Å². The van der Waals surface area contributed by atoms with Gasteiger partial charge in [0, 0.05) is 57.6 Å². The van der Waals surface area contributed by atoms with Gasteiger partial charge in [0.2, 0.25) is 29.7 Å². The molecule has 70 heavy (non-hydrogen) atoms. The van der Waals surface area contributed by atoms with Crippen molar-refractivity contribution in [1.29, 1.82) is 0 Å². The van der Waals surface area contributed by atoms with Crippen LogP contribution in [0.2, 0.25) is 0 Å². The standard InChI is InChI=1S/C47H69N11O10S2/c1-44(2)21-28(22-45(3,4)57(44)67)52-36(60)26-69-33-18-12-10-15-30(33)41(64)56(9)32(17-14-20-50-43(48)49)39(62)51-25-35(59)55-38(42(65)66)40(63)54-31-16-11-13-19-34(31)70-27-37(61)53-29-23-46(5,6)58(68)47(7,8)24-29/h10-13,15-16,18-19,28-29,32,38H,14,17,20-27H2,1-9H3,(H,51,62)(H,52,60)(H,53,61)(H,54,63)(H,55,59)(H,65,66)(H4,48,49,50)/t32-,38+/m0/s1. The highest BCUT2D eigenvalue weighted by atomic mass is 32.2. The second-order valence-corrected chi connectivity index (χ2v) is 22.2. The monoisotopic (exact) mass is 1010 g/mol. The lowest BCUT2D eigenvalue weighted by molar-refractivity contribution is -0.290. The highest BCUT2D eigenvalue weighted by Gasteiger charge is 2.48. The Morgan fingerprint density at radius 3 is 1.70 bits per heavy atom. The van der Waals surface area contributed by atoms with Crippen LogP contribution in [0, 0.1) is 0 Å². The highest BCUT2D eigenvalue weighted by Crippen LogP contribution is 2.38. The van der Waals surface area contributed by atoms with Crippen molar-refractivity contribution < 1.29 is 49.1 Å². The van der Waals surface area contributed by atoms with Gasteiger partial charge in [0.25, 0.3) is 11.8 Å². The molecule has 2 saturated heterocycles. The van der Waals surface area contributed by atoms with Crippen molar-refractivity contribution in [3.63, 3.8) is 0 Å². The smallest absolute Gasteiger partial charge is 0.336 e. The maximum absolute atomic E-state index is 14.1. The maximum atomic E-state index is 14.1. The molecule has 0 aliphatic carbocycles. The van der Waals surface area contributed by atoms with Crippen molar-refractivity contribution >= 4 is 76.6 Å². The Kier molecular flexibility index (Phi) is 19.7. The number of aliphatic carboxylic acids is 1. The van der Waals surface area contributed by atoms with Gasteiger partial charge in [-0.15, -0.1) is 44.1 Å². The van der Waals surface area contributed by atoms with E-state index < -0.39 is 70.4 Å². The first-order valence-corrected chi connectivity index (χ1v) is 24.9. The van der Waals surface area contributed by atoms with Gasteiger partial charge in [0.15, 0.2) is 5.96 Å². The van der Waals surface area contributed by atoms with E-state index in [4.69, 9.17) is 11.5 Å². The van der Waals surface area contributed by atoms with Crippen LogP contribution in [0.4, 0.5) is 5.69 Å². The van der Waals surface area contributed by atoms with Gasteiger partial charge < -0.3 is 48.1 Å². The summed E-state index contributed by atoms with van der Waals surface area (Å²) < 4.78 is 0. The normalized spacial score (nSPS) is 18.6. The molecule has 2 fully saturated rings. The van der Waals surface area contributed by atoms with Crippen LogP contribution < -0.4 is 38.1 Å². The number of nitrogens with one attached hydrogen (secondary N) is 5. The fraction of sp³-hybridized carbons (Fsp3) is 0.574. The molecule has 23 heteroatoms. The largest absolute Gasteiger partial charge is 0.479 e. The van der Waals surface area contributed by atoms with Gasteiger partial charge in [-0.2, -0.15) is 0 Å². The molecular weight excluding hydrogens is 943 g/mol. The average molecular weight is 1010 g/mol. The number of hydrogen-bond acceptors (Lipinski definition) is 12. The Morgan fingerprint density at radius 1 is 0.729 bits per heavy atom. The SMILES string of the molecule is CN(C(=O)c1ccccc1SCC(=O)NC1CC(C)(C)N([O])C(C)(C)C1)[C@@H](CCCN=C(N)N)C(=O)NCC(=O)N[C@@H](C(=O)O)C(=O)Nc1ccccc1SCC(=O)NC1CC(C)(C)N([O])C(C)(C)C1. The third-order valence-electron chi connectivity index (χ3n) is 12.2. The number of piperidine rings is 2. The third kappa shape index (κ3) is 15.8. The zero-order chi connectivity index (χ0) is 52.4. The Balaban J connectivity index is 1.37. The van der Waals surface area contributed by atoms with Crippen LogP contribution in [0.5, 0.6) is 0 Å². The van der Waals surface area contributed by atoms with E-state index in [1.54, 1.807) is 42.5 Å². The van der Waals surface area contributed by atoms with Gasteiger partial charge in [-0.25, -0.2) is 4.79 Å². The summed E-state index contributed by atoms with van der Waals surface area (Å²) in [5, 5.41) is 50.8. The number of para-hydroxylation sites is 1. The Hall–Kier alpha value is -5.46. The van der Waals surface area contributed by atoms with Crippen LogP contribution in [0.15, 0.2) is 63.3 Å². The number of nitrogens with zero attached hydrogens (tertiary/aromatic N) is 4. The molecule has 2 heterocycles. The number of thioether (sulfide) groups is 2. The molecular formula is C47H69N11O10S2. The molecule has 10 N–H and O–H groups in total. The molecule has 2 aliphatic heterocycles. The summed E-state index contributed by atoms with van der Waals surface area (Å²) in [4.78, 5) is 99.0. The van der Waals surface area contributed by atoms with E-state index in [1.807, 2.05) is 55.4 Å². The molecule has 4 rings (SSSR count). The fourth-order valence-corrected chi connectivity index (χ4v) is 11.0. The van der Waals surface area contributed by atoms with Gasteiger partial charge in [-0.1, -0.05) is 24.3 Å². The number of guanidine groups is 1. The Morgan fingerprint density at radius 2 is 1.20 bits per heavy atom. The quantitative estimate of drug-likeness (QED) is 0.0293. The summed E-state index contributed by atoms with van der Waals surface area (Å²) in [5.41, 5.74) is 8.62. The van der Waals surface area contributed by atoms with E-state index in [-0.39, 0.29) is 72.0 Å². The number of carbonyl (C=O) groups excluding carboxylic acids is 6. The molecule has 2 atom stereocenters. The van der Waals surface area contributed by atoms with Crippen LogP contribution in [0.3, 0.4) is 0 Å². The number of carboxylic acids is 1. The highest BCUT2D eigenvalue weighted by molar-refractivity contribution is 8.00. The van der Waals surface area contributed by atoms with Crippen LogP contribution in [0.25, 0.3) is 0 Å². The summed E-state index contributed by atoms with van der Waals surface area (Å²) in [6.45, 7) is 14.0. The molecule has 6 amide bonds. The van der Waals surface area contributed by atoms with Gasteiger partial charge in [0.1, 0.15) is 6.04 Å². The number of benzene rings is 2. The molecule has 21 nitrogen and oxygen atoms in total. The summed E-state index contributed by atoms with van der Waals surface area (Å²) in [5.74, 6) is -6.00. The van der Waals surface area contributed by atoms with Crippen molar-refractivity contribution in [3.8, 4) is 0 Å². The van der Waals surface area contributed by atoms with Crippen molar-refractivity contribution in [2.24, 2.45) is 16.5 Å². The minimum atomic E-state index is -2.09. The van der Waals surface area contributed by atoms with E-state index in [0.29, 0.717) is 35.5 Å². The van der Waals surface area contributed by atoms with Crippen molar-refractivity contribution in [2.45, 2.75) is 150 Å². The molecule has 2 aliphatic rings. The zero-order valence-electron chi connectivity index (χ0n) is 41.4. The number of aliphatic imine (C=N–C) groups is 1. The third-order valence-corrected chi connectivity index (χ3v) is 14.3. The number of rotatable bonds is 21. The number of carbonyl (C=O) groups is 7. The van der Waals surface area contributed by atoms with Gasteiger partial charge in [-0.05, 0) is 118 Å². The second-order valence-electron chi connectivity index (χ2n) is 20.2. The number of amides is 6. The number of nitrogens with two attached hydrogens (primary N) is 2. The average Bonchev–Trinajstić information content (AvgIpc) is 3.26. The number of anilines is 1. The lowest BCUT2D eigenvalue weighted by atomic mass is 9.79. The van der Waals surface area contributed by atoms with Crippen LogP contribution in [-0.4, -0.2) is 145 Å². The van der Waals surface area contributed by atoms with Gasteiger partial charge in [0.05, 0.1) is 29.3 Å². The van der Waals surface area contributed by atoms with Gasteiger partial charge in [-0.3, -0.25) is 33.8 Å². The lowest BCUT2D eigenvalue weighted by Crippen LogP contribution is -2.62. The summed E-state index contributed by atoms with van der Waals surface area (Å²) in [6, 6.07) is 9.24. The van der Waals surface area contributed by atoms with E-state index in [1.165, 1.54) is 18.0 Å². The first-order chi connectivity index (χ1) is 32.5. The predicted octanol–water partition coefficient (Wildman–Crippen LogP) is 2.66. The van der Waals surface area contributed by atoms with Crippen LogP contribution >= 0.6 is 23.5 Å². The summed E-state index contributed by atoms with van der Waals surface area (Å²) in [7, 11) is 1.40. The van der Waals surface area contributed by atoms with E-state index in [9.17, 15) is 49.1 Å². The summed E-state index contributed by atoms with van der Waals surface area (Å²) >= 11 is 2.23. The zero-order valence-corrected chi connectivity index (χ0v) is 43.0. The minimum Gasteiger partial charge on any atom is -0.479 e. The minimum absolute atomic E-state index is 0.0352. The Bertz CT molecular complexity index is 2240. The second kappa shape index (κ2) is 24.1. The number of carboxylic acid groups (broad SMARTS) is 1. The number of likely N-dealkylation sites (N-methyl/N-ethyl adjacent to an activating group) is 1. The molecule has 0 unspecified atom stereocenters. The van der Waals surface area contributed by atoms with Crippen molar-refractivity contribution in [1.82, 2.24) is 36.3 Å². The van der Waals surface area contributed by atoms with Gasteiger partial charge >= 0.3 is 5.97 Å². The van der Waals surface area contributed by atoms with E-state index in [2.05, 4.69) is 31.6 Å². The van der Waals surface area contributed by atoms with Crippen LogP contribution in [-0.2, 0) is 39.2 Å². The number of hydroxylamine groups is 4. The molecule has 0 spiro atoms. The van der Waals surface area contributed by atoms with Crippen molar-refractivity contribution in [3.05, 3.63) is 54.1 Å². The molecule has 0 aromatic heterocycles. The first-order valence-electron chi connectivity index (χ1n) is 23.0. The topological polar surface area (TPSA) is 314 Å². The molecule has 2 radical (unpaired) electrons. The molecule has 2 aromatic carbocycles. The molecule has 0 bridgehead atoms. The maximum Gasteiger partial charge on any atom is 0.336 e. The molecule has 0 saturated carbocycles. The molecule has 384 valence electrons. The van der Waals surface area contributed by atoms with E-state index in [0.717, 1.165) is 33.7 Å². The fourth-order valence-electron chi connectivity index (χ4n) is 9.29. The first kappa shape index (κ1) is 57.1. The molecule has 2 aromatic rings. The summed E-state index contributed by atoms with van der Waals surface area (Å²) in [6.07, 6.45) is 2.11. The number of hydrogen-bond donors (Lipinski definition) is 8. The van der Waals surface area contributed by atoms with Crippen molar-refractivity contribution in [2.75, 3.05) is 37.0 Å². The Labute approximate surface area is 418 Å². The lowest BCUT2D eigenvalue weighted by Gasteiger charge is -2.50. The predicted molar refractivity (Wildman–Crippen MR) is 265 cm³/mol.